The van der Waals surface area contributed by atoms with E-state index in [0.29, 0.717) is 5.69 Å². The maximum atomic E-state index is 12.3. The third kappa shape index (κ3) is 4.77. The summed E-state index contributed by atoms with van der Waals surface area (Å²) in [6.45, 7) is 1.72. The third-order valence-electron chi connectivity index (χ3n) is 3.22. The van der Waals surface area contributed by atoms with Crippen LogP contribution in [0, 0.1) is 10.1 Å². The quantitative estimate of drug-likeness (QED) is 0.261. The number of halogens is 1. The second-order valence-electron chi connectivity index (χ2n) is 5.00. The van der Waals surface area contributed by atoms with Crippen molar-refractivity contribution >= 4 is 40.4 Å². The molecule has 0 amide bonds. The zero-order chi connectivity index (χ0) is 18.4. The van der Waals surface area contributed by atoms with Gasteiger partial charge in [0.2, 0.25) is 0 Å². The summed E-state index contributed by atoms with van der Waals surface area (Å²) in [7, 11) is 0. The van der Waals surface area contributed by atoms with Gasteiger partial charge in [-0.05, 0) is 31.2 Å². The number of para-hydroxylation sites is 1. The van der Waals surface area contributed by atoms with Gasteiger partial charge in [-0.15, -0.1) is 0 Å². The highest BCUT2D eigenvalue weighted by atomic mass is 35.5. The fraction of sp³-hybridized carbons (Fsp3) is 0.176. The van der Waals surface area contributed by atoms with E-state index >= 15 is 0 Å². The van der Waals surface area contributed by atoms with Crippen LogP contribution < -0.4 is 5.32 Å². The Morgan fingerprint density at radius 2 is 1.92 bits per heavy atom. The first-order valence-electron chi connectivity index (χ1n) is 7.41. The van der Waals surface area contributed by atoms with E-state index in [1.165, 1.54) is 12.1 Å². The van der Waals surface area contributed by atoms with Crippen LogP contribution in [0.5, 0.6) is 0 Å². The summed E-state index contributed by atoms with van der Waals surface area (Å²) >= 11 is 6.00. The number of ketones is 1. The van der Waals surface area contributed by atoms with Gasteiger partial charge in [0.15, 0.2) is 5.78 Å². The predicted molar refractivity (Wildman–Crippen MR) is 93.4 cm³/mol. The van der Waals surface area contributed by atoms with E-state index in [-0.39, 0.29) is 22.9 Å². The van der Waals surface area contributed by atoms with Crippen LogP contribution >= 0.6 is 11.6 Å². The fourth-order valence-electron chi connectivity index (χ4n) is 2.22. The SMILES string of the molecule is CCOC(=O)CC(=O)c1cc(Cl)cc(Nc2ccccc2)c1[N+](=O)[O-]. The van der Waals surface area contributed by atoms with E-state index < -0.39 is 28.8 Å². The molecule has 0 bridgehead atoms. The molecular formula is C17H15ClN2O5. The number of esters is 1. The highest BCUT2D eigenvalue weighted by Gasteiger charge is 2.27. The molecule has 0 aromatic heterocycles. The van der Waals surface area contributed by atoms with Crippen LogP contribution in [0.3, 0.4) is 0 Å². The Morgan fingerprint density at radius 1 is 1.24 bits per heavy atom. The number of benzene rings is 2. The van der Waals surface area contributed by atoms with Crippen molar-refractivity contribution in [2.24, 2.45) is 0 Å². The first-order chi connectivity index (χ1) is 11.9. The number of Topliss-reactive ketones (excluding diaryl/α,β-unsaturated/α-hetero) is 1. The molecule has 2 aromatic rings. The number of ether oxygens (including phenoxy) is 1. The van der Waals surface area contributed by atoms with Crippen LogP contribution in [0.1, 0.15) is 23.7 Å². The number of rotatable bonds is 7. The van der Waals surface area contributed by atoms with Gasteiger partial charge in [-0.1, -0.05) is 29.8 Å². The lowest BCUT2D eigenvalue weighted by molar-refractivity contribution is -0.384. The second-order valence-corrected chi connectivity index (χ2v) is 5.44. The maximum Gasteiger partial charge on any atom is 0.313 e. The first-order valence-corrected chi connectivity index (χ1v) is 7.79. The molecule has 0 unspecified atom stereocenters. The van der Waals surface area contributed by atoms with Crippen molar-refractivity contribution in [1.29, 1.82) is 0 Å². The van der Waals surface area contributed by atoms with Crippen molar-refractivity contribution < 1.29 is 19.2 Å². The van der Waals surface area contributed by atoms with Crippen LogP contribution in [-0.2, 0) is 9.53 Å². The van der Waals surface area contributed by atoms with Crippen molar-refractivity contribution in [3.05, 3.63) is 63.2 Å². The number of nitro benzene ring substituents is 1. The first kappa shape index (κ1) is 18.4. The smallest absolute Gasteiger partial charge is 0.313 e. The van der Waals surface area contributed by atoms with Crippen molar-refractivity contribution in [2.75, 3.05) is 11.9 Å². The van der Waals surface area contributed by atoms with Crippen molar-refractivity contribution in [1.82, 2.24) is 0 Å². The molecule has 0 radical (unpaired) electrons. The van der Waals surface area contributed by atoms with Gasteiger partial charge in [0.1, 0.15) is 12.1 Å². The van der Waals surface area contributed by atoms with Gasteiger partial charge < -0.3 is 10.1 Å². The number of nitrogens with zero attached hydrogens (tertiary/aromatic N) is 1. The second kappa shape index (κ2) is 8.25. The molecule has 0 saturated heterocycles. The Morgan fingerprint density at radius 3 is 2.52 bits per heavy atom. The highest BCUT2D eigenvalue weighted by molar-refractivity contribution is 6.31. The van der Waals surface area contributed by atoms with Crippen molar-refractivity contribution in [3.63, 3.8) is 0 Å². The molecule has 0 saturated carbocycles. The minimum Gasteiger partial charge on any atom is -0.466 e. The van der Waals surface area contributed by atoms with E-state index in [2.05, 4.69) is 5.32 Å². The highest BCUT2D eigenvalue weighted by Crippen LogP contribution is 2.35. The lowest BCUT2D eigenvalue weighted by atomic mass is 10.0. The van der Waals surface area contributed by atoms with E-state index in [1.54, 1.807) is 37.3 Å². The summed E-state index contributed by atoms with van der Waals surface area (Å²) in [5.74, 6) is -1.48. The molecule has 130 valence electrons. The number of nitro groups is 1. The summed E-state index contributed by atoms with van der Waals surface area (Å²) in [5, 5.41) is 14.5. The molecule has 0 atom stereocenters. The zero-order valence-corrected chi connectivity index (χ0v) is 14.1. The molecule has 2 aromatic carbocycles. The molecule has 0 aliphatic carbocycles. The maximum absolute atomic E-state index is 12.3. The molecule has 0 fully saturated rings. The summed E-state index contributed by atoms with van der Waals surface area (Å²) in [5.41, 5.74) is -0.0286. The Labute approximate surface area is 148 Å². The number of carbonyl (C=O) groups is 2. The Kier molecular flexibility index (Phi) is 6.08. The predicted octanol–water partition coefficient (Wildman–Crippen LogP) is 4.13. The van der Waals surface area contributed by atoms with Gasteiger partial charge in [0.25, 0.3) is 0 Å². The summed E-state index contributed by atoms with van der Waals surface area (Å²) in [4.78, 5) is 34.7. The molecule has 0 aliphatic rings. The molecule has 8 heteroatoms. The summed E-state index contributed by atoms with van der Waals surface area (Å²) in [6, 6.07) is 11.3. The van der Waals surface area contributed by atoms with Crippen LogP contribution in [0.25, 0.3) is 0 Å². The molecular weight excluding hydrogens is 348 g/mol. The van der Waals surface area contributed by atoms with Crippen molar-refractivity contribution in [2.45, 2.75) is 13.3 Å². The van der Waals surface area contributed by atoms with Crippen LogP contribution in [0.4, 0.5) is 17.1 Å². The van der Waals surface area contributed by atoms with Crippen LogP contribution in [0.2, 0.25) is 5.02 Å². The molecule has 0 spiro atoms. The van der Waals surface area contributed by atoms with Gasteiger partial charge >= 0.3 is 11.7 Å². The normalized spacial score (nSPS) is 10.2. The molecule has 0 heterocycles. The Balaban J connectivity index is 2.44. The van der Waals surface area contributed by atoms with Crippen LogP contribution in [0.15, 0.2) is 42.5 Å². The summed E-state index contributed by atoms with van der Waals surface area (Å²) in [6.07, 6.45) is -0.597. The van der Waals surface area contributed by atoms with Gasteiger partial charge in [-0.3, -0.25) is 19.7 Å². The molecule has 25 heavy (non-hydrogen) atoms. The average Bonchev–Trinajstić information content (AvgIpc) is 2.55. The number of nitrogens with one attached hydrogen (secondary N) is 1. The molecule has 1 N–H and O–H groups in total. The van der Waals surface area contributed by atoms with E-state index in [0.717, 1.165) is 0 Å². The van der Waals surface area contributed by atoms with Crippen molar-refractivity contribution in [3.8, 4) is 0 Å². The number of anilines is 2. The largest absolute Gasteiger partial charge is 0.466 e. The van der Waals surface area contributed by atoms with E-state index in [1.807, 2.05) is 0 Å². The third-order valence-corrected chi connectivity index (χ3v) is 3.44. The molecule has 2 rings (SSSR count). The van der Waals surface area contributed by atoms with Gasteiger partial charge in [0, 0.05) is 10.7 Å². The zero-order valence-electron chi connectivity index (χ0n) is 13.3. The van der Waals surface area contributed by atoms with E-state index in [9.17, 15) is 19.7 Å². The topological polar surface area (TPSA) is 98.5 Å². The number of hydrogen-bond donors (Lipinski definition) is 1. The standard InChI is InChI=1S/C17H15ClN2O5/c1-2-25-16(22)10-15(21)13-8-11(18)9-14(17(13)20(23)24)19-12-6-4-3-5-7-12/h3-9,19H,2,10H2,1H3. The fourth-order valence-corrected chi connectivity index (χ4v) is 2.44. The monoisotopic (exact) mass is 362 g/mol. The molecule has 7 nitrogen and oxygen atoms in total. The summed E-state index contributed by atoms with van der Waals surface area (Å²) < 4.78 is 4.71. The van der Waals surface area contributed by atoms with Gasteiger partial charge in [-0.25, -0.2) is 0 Å². The number of carbonyl (C=O) groups excluding carboxylic acids is 2. The lowest BCUT2D eigenvalue weighted by Gasteiger charge is -2.11. The Hall–Kier alpha value is -2.93. The van der Waals surface area contributed by atoms with Gasteiger partial charge in [0.05, 0.1) is 17.1 Å². The van der Waals surface area contributed by atoms with E-state index in [4.69, 9.17) is 16.3 Å². The Bertz CT molecular complexity index is 808. The average molecular weight is 363 g/mol. The minimum absolute atomic E-state index is 0.0657. The van der Waals surface area contributed by atoms with Gasteiger partial charge in [-0.2, -0.15) is 0 Å². The van der Waals surface area contributed by atoms with Crippen LogP contribution in [-0.4, -0.2) is 23.3 Å². The minimum atomic E-state index is -0.751. The number of hydrogen-bond acceptors (Lipinski definition) is 6. The lowest BCUT2D eigenvalue weighted by Crippen LogP contribution is -2.13. The molecule has 0 aliphatic heterocycles.